The van der Waals surface area contributed by atoms with E-state index in [0.29, 0.717) is 36.3 Å². The van der Waals surface area contributed by atoms with Crippen LogP contribution in [0.25, 0.3) is 11.1 Å². The highest BCUT2D eigenvalue weighted by atomic mass is 19.1. The quantitative estimate of drug-likeness (QED) is 0.279. The number of aryl methyl sites for hydroxylation is 1. The smallest absolute Gasteiger partial charge is 0.337 e. The second kappa shape index (κ2) is 12.5. The minimum Gasteiger partial charge on any atom is -0.479 e. The highest BCUT2D eigenvalue weighted by Gasteiger charge is 2.36. The molecular weight excluding hydrogens is 523 g/mol. The number of nitrogens with zero attached hydrogens (tertiary/aromatic N) is 4. The van der Waals surface area contributed by atoms with Gasteiger partial charge < -0.3 is 19.5 Å². The SMILES string of the molecule is CCC(C)(C)O[C@H](C(=O)O)c1c(C)ncc(-c2cnc(OCCc3ccc(F)cc3)nc2)c1N1CCC(C)(C)CC1. The first-order valence-electron chi connectivity index (χ1n) is 14.2. The van der Waals surface area contributed by atoms with Gasteiger partial charge in [0.2, 0.25) is 0 Å². The van der Waals surface area contributed by atoms with Crippen molar-refractivity contribution < 1.29 is 23.8 Å². The summed E-state index contributed by atoms with van der Waals surface area (Å²) in [6.07, 6.45) is 7.15. The van der Waals surface area contributed by atoms with Gasteiger partial charge in [-0.05, 0) is 63.1 Å². The van der Waals surface area contributed by atoms with Crippen LogP contribution in [0.5, 0.6) is 6.01 Å². The van der Waals surface area contributed by atoms with E-state index in [9.17, 15) is 14.3 Å². The number of carbonyl (C=O) groups is 1. The summed E-state index contributed by atoms with van der Waals surface area (Å²) >= 11 is 0. The maximum absolute atomic E-state index is 13.2. The molecule has 9 heteroatoms. The average molecular weight is 565 g/mol. The zero-order chi connectivity index (χ0) is 29.8. The Morgan fingerprint density at radius 1 is 1.10 bits per heavy atom. The molecule has 0 spiro atoms. The molecule has 1 N–H and O–H groups in total. The predicted octanol–water partition coefficient (Wildman–Crippen LogP) is 6.56. The van der Waals surface area contributed by atoms with Gasteiger partial charge in [0.1, 0.15) is 5.82 Å². The fraction of sp³-hybridized carbons (Fsp3) is 0.500. The van der Waals surface area contributed by atoms with Crippen LogP contribution in [0.2, 0.25) is 0 Å². The van der Waals surface area contributed by atoms with Gasteiger partial charge in [0, 0.05) is 60.5 Å². The number of anilines is 1. The highest BCUT2D eigenvalue weighted by Crippen LogP contribution is 2.43. The first-order valence-corrected chi connectivity index (χ1v) is 14.2. The Kier molecular flexibility index (Phi) is 9.27. The van der Waals surface area contributed by atoms with Crippen molar-refractivity contribution in [2.24, 2.45) is 5.41 Å². The molecule has 3 aromatic rings. The van der Waals surface area contributed by atoms with Gasteiger partial charge in [0.15, 0.2) is 6.10 Å². The standard InChI is InChI=1S/C32H41FN4O4/c1-7-32(5,6)41-28(29(38)39)26-21(2)34-20-25(27(26)37-15-13-31(3,4)14-16-37)23-18-35-30(36-19-23)40-17-12-22-8-10-24(33)11-9-22/h8-11,18-20,28H,7,12-17H2,1-6H3,(H,38,39)/t28-/m0/s1. The van der Waals surface area contributed by atoms with Crippen LogP contribution in [-0.2, 0) is 16.0 Å². The van der Waals surface area contributed by atoms with Crippen molar-refractivity contribution in [3.63, 3.8) is 0 Å². The molecule has 1 aliphatic rings. The Morgan fingerprint density at radius 3 is 2.32 bits per heavy atom. The van der Waals surface area contributed by atoms with Gasteiger partial charge in [-0.3, -0.25) is 4.98 Å². The van der Waals surface area contributed by atoms with Gasteiger partial charge in [-0.1, -0.05) is 32.9 Å². The van der Waals surface area contributed by atoms with Gasteiger partial charge >= 0.3 is 12.0 Å². The van der Waals surface area contributed by atoms with Crippen molar-refractivity contribution in [1.29, 1.82) is 0 Å². The van der Waals surface area contributed by atoms with E-state index in [-0.39, 0.29) is 17.2 Å². The van der Waals surface area contributed by atoms with Crippen molar-refractivity contribution >= 4 is 11.7 Å². The van der Waals surface area contributed by atoms with Crippen LogP contribution in [0.1, 0.15) is 76.8 Å². The number of rotatable bonds is 11. The number of carboxylic acids is 1. The number of aliphatic carboxylic acids is 1. The summed E-state index contributed by atoms with van der Waals surface area (Å²) < 4.78 is 25.1. The topological polar surface area (TPSA) is 97.7 Å². The third kappa shape index (κ3) is 7.58. The fourth-order valence-electron chi connectivity index (χ4n) is 4.89. The van der Waals surface area contributed by atoms with Gasteiger partial charge in [0.05, 0.1) is 17.9 Å². The van der Waals surface area contributed by atoms with E-state index < -0.39 is 17.7 Å². The van der Waals surface area contributed by atoms with Crippen molar-refractivity contribution in [3.05, 3.63) is 65.5 Å². The van der Waals surface area contributed by atoms with Crippen LogP contribution in [0.15, 0.2) is 42.9 Å². The minimum absolute atomic E-state index is 0.210. The molecule has 41 heavy (non-hydrogen) atoms. The van der Waals surface area contributed by atoms with Gasteiger partial charge in [-0.2, -0.15) is 0 Å². The summed E-state index contributed by atoms with van der Waals surface area (Å²) in [6.45, 7) is 14.1. The summed E-state index contributed by atoms with van der Waals surface area (Å²) in [4.78, 5) is 28.4. The summed E-state index contributed by atoms with van der Waals surface area (Å²) in [6, 6.07) is 6.53. The zero-order valence-electron chi connectivity index (χ0n) is 24.9. The number of pyridine rings is 1. The Labute approximate surface area is 242 Å². The van der Waals surface area contributed by atoms with E-state index in [0.717, 1.165) is 42.7 Å². The lowest BCUT2D eigenvalue weighted by atomic mass is 9.82. The van der Waals surface area contributed by atoms with Gasteiger partial charge in [-0.25, -0.2) is 19.2 Å². The van der Waals surface area contributed by atoms with Gasteiger partial charge in [0.25, 0.3) is 0 Å². The van der Waals surface area contributed by atoms with Crippen LogP contribution in [0.4, 0.5) is 10.1 Å². The van der Waals surface area contributed by atoms with Crippen LogP contribution >= 0.6 is 0 Å². The lowest BCUT2D eigenvalue weighted by molar-refractivity contribution is -0.162. The summed E-state index contributed by atoms with van der Waals surface area (Å²) in [5, 5.41) is 10.4. The van der Waals surface area contributed by atoms with E-state index >= 15 is 0 Å². The maximum atomic E-state index is 13.2. The number of halogens is 1. The van der Waals surface area contributed by atoms with Crippen LogP contribution in [0.3, 0.4) is 0 Å². The molecule has 0 aliphatic carbocycles. The van der Waals surface area contributed by atoms with E-state index in [2.05, 4.69) is 33.7 Å². The molecule has 8 nitrogen and oxygen atoms in total. The Balaban J connectivity index is 1.68. The Morgan fingerprint density at radius 2 is 1.73 bits per heavy atom. The maximum Gasteiger partial charge on any atom is 0.337 e. The molecule has 1 saturated heterocycles. The number of carboxylic acid groups (broad SMARTS) is 1. The number of aromatic nitrogens is 3. The number of benzene rings is 1. The zero-order valence-corrected chi connectivity index (χ0v) is 24.9. The molecule has 220 valence electrons. The molecule has 1 aliphatic heterocycles. The molecular formula is C32H41FN4O4. The average Bonchev–Trinajstić information content (AvgIpc) is 2.93. The van der Waals surface area contributed by atoms with Gasteiger partial charge in [-0.15, -0.1) is 0 Å². The monoisotopic (exact) mass is 564 g/mol. The Hall–Kier alpha value is -3.59. The van der Waals surface area contributed by atoms with E-state index in [1.807, 2.05) is 27.7 Å². The largest absolute Gasteiger partial charge is 0.479 e. The van der Waals surface area contributed by atoms with Crippen molar-refractivity contribution in [3.8, 4) is 17.1 Å². The lowest BCUT2D eigenvalue weighted by Gasteiger charge is -2.41. The molecule has 0 radical (unpaired) electrons. The third-order valence-corrected chi connectivity index (χ3v) is 7.97. The number of hydrogen-bond donors (Lipinski definition) is 1. The fourth-order valence-corrected chi connectivity index (χ4v) is 4.89. The molecule has 1 fully saturated rings. The summed E-state index contributed by atoms with van der Waals surface area (Å²) in [5.74, 6) is -1.32. The first-order chi connectivity index (χ1) is 19.4. The van der Waals surface area contributed by atoms with Crippen LogP contribution in [-0.4, -0.2) is 51.3 Å². The molecule has 0 bridgehead atoms. The molecule has 0 amide bonds. The molecule has 4 rings (SSSR count). The van der Waals surface area contributed by atoms with Crippen LogP contribution < -0.4 is 9.64 Å². The van der Waals surface area contributed by atoms with Crippen molar-refractivity contribution in [2.45, 2.75) is 78.9 Å². The first kappa shape index (κ1) is 30.4. The molecule has 2 aromatic heterocycles. The molecule has 1 atom stereocenters. The summed E-state index contributed by atoms with van der Waals surface area (Å²) in [5.41, 5.74) is 3.99. The number of hydrogen-bond acceptors (Lipinski definition) is 7. The van der Waals surface area contributed by atoms with Crippen molar-refractivity contribution in [1.82, 2.24) is 15.0 Å². The van der Waals surface area contributed by atoms with Crippen molar-refractivity contribution in [2.75, 3.05) is 24.6 Å². The predicted molar refractivity (Wildman–Crippen MR) is 157 cm³/mol. The second-order valence-electron chi connectivity index (χ2n) is 12.1. The number of piperidine rings is 1. The molecule has 3 heterocycles. The Bertz CT molecular complexity index is 1330. The second-order valence-corrected chi connectivity index (χ2v) is 12.1. The van der Waals surface area contributed by atoms with E-state index in [4.69, 9.17) is 9.47 Å². The summed E-state index contributed by atoms with van der Waals surface area (Å²) in [7, 11) is 0. The minimum atomic E-state index is -1.18. The molecule has 0 saturated carbocycles. The van der Waals surface area contributed by atoms with E-state index in [1.165, 1.54) is 12.1 Å². The number of ether oxygens (including phenoxy) is 2. The molecule has 1 aromatic carbocycles. The van der Waals surface area contributed by atoms with E-state index in [1.54, 1.807) is 30.7 Å². The third-order valence-electron chi connectivity index (χ3n) is 7.97. The van der Waals surface area contributed by atoms with Crippen LogP contribution in [0, 0.1) is 18.2 Å². The lowest BCUT2D eigenvalue weighted by Crippen LogP contribution is -2.39. The molecule has 0 unspecified atom stereocenters. The highest BCUT2D eigenvalue weighted by molar-refractivity contribution is 5.86. The normalized spacial score (nSPS) is 15.9.